The van der Waals surface area contributed by atoms with Crippen molar-refractivity contribution in [2.24, 2.45) is 14.1 Å². The van der Waals surface area contributed by atoms with Gasteiger partial charge in [-0.05, 0) is 92.6 Å². The second-order valence-electron chi connectivity index (χ2n) is 15.0. The number of carboxylic acid groups (broad SMARTS) is 1. The molecule has 1 amide bonds. The van der Waals surface area contributed by atoms with Crippen LogP contribution in [0, 0.1) is 27.7 Å². The van der Waals surface area contributed by atoms with Crippen LogP contribution in [0.3, 0.4) is 0 Å². The molecule has 3 aromatic heterocycles. The number of fused-ring (bicyclic) bond motifs is 4. The third-order valence-corrected chi connectivity index (χ3v) is 12.2. The summed E-state index contributed by atoms with van der Waals surface area (Å²) < 4.78 is 18.4. The van der Waals surface area contributed by atoms with E-state index in [-0.39, 0.29) is 11.6 Å². The number of aromatic nitrogens is 3. The van der Waals surface area contributed by atoms with Gasteiger partial charge in [0, 0.05) is 78.1 Å². The number of anilines is 1. The number of aromatic carboxylic acids is 1. The second-order valence-corrected chi connectivity index (χ2v) is 15.8. The Balaban J connectivity index is 1.25. The van der Waals surface area contributed by atoms with Crippen molar-refractivity contribution in [3.8, 4) is 22.6 Å². The molecule has 11 heteroatoms. The van der Waals surface area contributed by atoms with E-state index in [1.54, 1.807) is 22.6 Å². The first kappa shape index (κ1) is 38.2. The highest BCUT2D eigenvalue weighted by Gasteiger charge is 2.35. The van der Waals surface area contributed by atoms with Crippen LogP contribution in [0.4, 0.5) is 5.69 Å². The predicted octanol–water partition coefficient (Wildman–Crippen LogP) is 10.6. The van der Waals surface area contributed by atoms with Gasteiger partial charge in [-0.25, -0.2) is 4.79 Å². The van der Waals surface area contributed by atoms with E-state index in [9.17, 15) is 9.90 Å². The van der Waals surface area contributed by atoms with Gasteiger partial charge in [0.05, 0.1) is 28.4 Å². The number of benzene rings is 4. The van der Waals surface area contributed by atoms with Gasteiger partial charge in [0.1, 0.15) is 29.5 Å². The first-order valence-corrected chi connectivity index (χ1v) is 19.8. The molecule has 0 atom stereocenters. The van der Waals surface area contributed by atoms with Crippen LogP contribution in [0.5, 0.6) is 11.5 Å². The van der Waals surface area contributed by atoms with Crippen LogP contribution in [0.1, 0.15) is 60.9 Å². The zero-order valence-corrected chi connectivity index (χ0v) is 34.4. The molecule has 7 aromatic rings. The van der Waals surface area contributed by atoms with Gasteiger partial charge in [-0.3, -0.25) is 4.79 Å². The lowest BCUT2D eigenvalue weighted by molar-refractivity contribution is 0.0686. The molecule has 0 saturated carbocycles. The molecular formula is C46H44Cl2N4O5. The average molecular weight is 804 g/mol. The molecule has 57 heavy (non-hydrogen) atoms. The Morgan fingerprint density at radius 1 is 0.825 bits per heavy atom. The van der Waals surface area contributed by atoms with Crippen molar-refractivity contribution < 1.29 is 24.2 Å². The number of rotatable bonds is 11. The van der Waals surface area contributed by atoms with Gasteiger partial charge in [0.2, 0.25) is 0 Å². The minimum Gasteiger partial charge on any atom is -0.494 e. The molecule has 0 unspecified atom stereocenters. The summed E-state index contributed by atoms with van der Waals surface area (Å²) in [5, 5.41) is 13.1. The number of ether oxygens (including phenoxy) is 2. The van der Waals surface area contributed by atoms with Gasteiger partial charge >= 0.3 is 5.97 Å². The molecule has 0 radical (unpaired) electrons. The maximum Gasteiger partial charge on any atom is 0.352 e. The highest BCUT2D eigenvalue weighted by molar-refractivity contribution is 6.35. The lowest BCUT2D eigenvalue weighted by Crippen LogP contribution is -2.40. The fraction of sp³-hybridized carbons (Fsp3) is 0.261. The van der Waals surface area contributed by atoms with Gasteiger partial charge in [-0.2, -0.15) is 0 Å². The van der Waals surface area contributed by atoms with E-state index in [2.05, 4.69) is 29.2 Å². The molecule has 0 bridgehead atoms. The number of hydrogen-bond donors (Lipinski definition) is 1. The Kier molecular flexibility index (Phi) is 10.1. The summed E-state index contributed by atoms with van der Waals surface area (Å²) in [6, 6.07) is 23.0. The van der Waals surface area contributed by atoms with Gasteiger partial charge < -0.3 is 33.2 Å². The number of aryl methyl sites for hydroxylation is 6. The summed E-state index contributed by atoms with van der Waals surface area (Å²) in [6.07, 6.45) is 3.33. The highest BCUT2D eigenvalue weighted by Crippen LogP contribution is 2.45. The maximum absolute atomic E-state index is 15.3. The lowest BCUT2D eigenvalue weighted by Gasteiger charge is -2.31. The van der Waals surface area contributed by atoms with E-state index in [4.69, 9.17) is 32.7 Å². The van der Waals surface area contributed by atoms with Gasteiger partial charge in [-0.1, -0.05) is 59.6 Å². The Morgan fingerprint density at radius 3 is 2.23 bits per heavy atom. The number of hydrogen-bond acceptors (Lipinski definition) is 4. The third kappa shape index (κ3) is 6.72. The topological polar surface area (TPSA) is 90.9 Å². The SMILES string of the molecule is Cc1cc(OCCCc2c3n(c4c(-c5c(C)cn(C)c5C)c(Cl)ccc24)CCN(c2cc(OCc4ccccc4)cc4c2cc(C(=O)O)n4C)C3=O)cc(C)c1Cl. The molecule has 292 valence electrons. The predicted molar refractivity (Wildman–Crippen MR) is 228 cm³/mol. The summed E-state index contributed by atoms with van der Waals surface area (Å²) in [6.45, 7) is 9.70. The second kappa shape index (κ2) is 15.0. The smallest absolute Gasteiger partial charge is 0.352 e. The van der Waals surface area contributed by atoms with Crippen molar-refractivity contribution in [2.45, 2.75) is 53.7 Å². The fourth-order valence-corrected chi connectivity index (χ4v) is 8.83. The molecule has 9 nitrogen and oxygen atoms in total. The standard InChI is InChI=1S/C46H44Cl2N4O5/c1-26-19-31(20-27(2)42(26)48)56-18-10-13-33-34-14-15-36(47)41(40-28(3)24-49(5)29(40)4)43(34)52-17-16-51(45(53)44(33)52)38-22-32(57-25-30-11-8-7-9-12-30)21-37-35(38)23-39(46(54)55)50(37)6/h7-9,11-12,14-15,19-24H,10,13,16-18,25H2,1-6H3,(H,54,55). The molecule has 0 saturated heterocycles. The molecule has 0 fully saturated rings. The van der Waals surface area contributed by atoms with E-state index in [0.29, 0.717) is 72.2 Å². The number of carbonyl (C=O) groups is 2. The first-order chi connectivity index (χ1) is 27.3. The lowest BCUT2D eigenvalue weighted by atomic mass is 9.97. The number of carbonyl (C=O) groups excluding carboxylic acids is 1. The van der Waals surface area contributed by atoms with E-state index in [1.807, 2.05) is 87.6 Å². The van der Waals surface area contributed by atoms with Crippen molar-refractivity contribution >= 4 is 62.6 Å². The van der Waals surface area contributed by atoms with E-state index in [1.165, 1.54) is 0 Å². The van der Waals surface area contributed by atoms with Gasteiger partial charge in [-0.15, -0.1) is 0 Å². The van der Waals surface area contributed by atoms with E-state index < -0.39 is 5.97 Å². The number of amides is 1. The zero-order chi connectivity index (χ0) is 40.3. The van der Waals surface area contributed by atoms with E-state index in [0.717, 1.165) is 66.3 Å². The summed E-state index contributed by atoms with van der Waals surface area (Å²) in [5.41, 5.74) is 10.9. The van der Waals surface area contributed by atoms with Crippen LogP contribution in [0.25, 0.3) is 32.9 Å². The molecule has 0 spiro atoms. The molecular weight excluding hydrogens is 759 g/mol. The minimum absolute atomic E-state index is 0.115. The molecule has 0 aliphatic carbocycles. The van der Waals surface area contributed by atoms with Crippen molar-refractivity contribution in [3.05, 3.63) is 134 Å². The Bertz CT molecular complexity index is 2720. The Labute approximate surface area is 341 Å². The molecule has 8 rings (SSSR count). The van der Waals surface area contributed by atoms with Crippen LogP contribution >= 0.6 is 23.2 Å². The van der Waals surface area contributed by atoms with Crippen LogP contribution in [-0.4, -0.2) is 43.8 Å². The number of halogens is 2. The molecule has 1 aliphatic heterocycles. The van der Waals surface area contributed by atoms with Crippen molar-refractivity contribution in [1.82, 2.24) is 13.7 Å². The van der Waals surface area contributed by atoms with Crippen LogP contribution in [0.15, 0.2) is 79.0 Å². The summed E-state index contributed by atoms with van der Waals surface area (Å²) in [5.74, 6) is 0.0583. The van der Waals surface area contributed by atoms with Crippen molar-refractivity contribution in [1.29, 1.82) is 0 Å². The molecule has 1 N–H and O–H groups in total. The van der Waals surface area contributed by atoms with Crippen LogP contribution < -0.4 is 14.4 Å². The monoisotopic (exact) mass is 802 g/mol. The zero-order valence-electron chi connectivity index (χ0n) is 32.9. The highest BCUT2D eigenvalue weighted by atomic mass is 35.5. The third-order valence-electron chi connectivity index (χ3n) is 11.3. The molecule has 1 aliphatic rings. The van der Waals surface area contributed by atoms with Crippen LogP contribution in [0.2, 0.25) is 10.0 Å². The average Bonchev–Trinajstić information content (AvgIpc) is 3.79. The van der Waals surface area contributed by atoms with Gasteiger partial charge in [0.25, 0.3) is 5.91 Å². The van der Waals surface area contributed by atoms with Crippen molar-refractivity contribution in [2.75, 3.05) is 18.1 Å². The fourth-order valence-electron chi connectivity index (χ4n) is 8.47. The van der Waals surface area contributed by atoms with E-state index >= 15 is 4.79 Å². The maximum atomic E-state index is 15.3. The number of nitrogens with zero attached hydrogens (tertiary/aromatic N) is 4. The van der Waals surface area contributed by atoms with Gasteiger partial charge in [0.15, 0.2) is 0 Å². The number of carboxylic acids is 1. The molecule has 4 heterocycles. The summed E-state index contributed by atoms with van der Waals surface area (Å²) in [4.78, 5) is 29.4. The summed E-state index contributed by atoms with van der Waals surface area (Å²) in [7, 11) is 3.75. The largest absolute Gasteiger partial charge is 0.494 e. The normalized spacial score (nSPS) is 12.8. The first-order valence-electron chi connectivity index (χ1n) is 19.0. The molecule has 4 aromatic carbocycles. The Morgan fingerprint density at radius 2 is 1.54 bits per heavy atom. The minimum atomic E-state index is -1.05. The Hall–Kier alpha value is -5.64. The quantitative estimate of drug-likeness (QED) is 0.132. The summed E-state index contributed by atoms with van der Waals surface area (Å²) >= 11 is 13.5. The van der Waals surface area contributed by atoms with Crippen molar-refractivity contribution in [3.63, 3.8) is 0 Å². The van der Waals surface area contributed by atoms with Crippen LogP contribution in [-0.2, 0) is 33.7 Å².